The van der Waals surface area contributed by atoms with E-state index in [0.29, 0.717) is 15.6 Å². The lowest BCUT2D eigenvalue weighted by Gasteiger charge is -2.44. The van der Waals surface area contributed by atoms with E-state index in [1.165, 1.54) is 21.3 Å². The molecule has 0 radical (unpaired) electrons. The maximum absolute atomic E-state index is 14.2. The van der Waals surface area contributed by atoms with Crippen molar-refractivity contribution in [3.8, 4) is 5.75 Å². The van der Waals surface area contributed by atoms with Gasteiger partial charge in [0.05, 0.1) is 28.9 Å². The first-order valence-electron chi connectivity index (χ1n) is 14.9. The van der Waals surface area contributed by atoms with E-state index in [4.69, 9.17) is 60.9 Å². The summed E-state index contributed by atoms with van der Waals surface area (Å²) >= 11 is 25.7. The molecule has 3 heterocycles. The molecule has 8 nitrogen and oxygen atoms in total. The highest BCUT2D eigenvalue weighted by Crippen LogP contribution is 2.54. The quantitative estimate of drug-likeness (QED) is 0.181. The minimum Gasteiger partial charge on any atom is -0.490 e. The van der Waals surface area contributed by atoms with Gasteiger partial charge in [-0.1, -0.05) is 59.1 Å². The van der Waals surface area contributed by atoms with Gasteiger partial charge in [0.25, 0.3) is 0 Å². The van der Waals surface area contributed by atoms with Crippen LogP contribution in [0.25, 0.3) is 0 Å². The zero-order chi connectivity index (χ0) is 33.2. The van der Waals surface area contributed by atoms with Gasteiger partial charge in [0, 0.05) is 29.2 Å². The monoisotopic (exact) mass is 723 g/mol. The van der Waals surface area contributed by atoms with E-state index in [9.17, 15) is 13.2 Å². The molecule has 3 aliphatic heterocycles. The molecule has 6 rings (SSSR count). The molecule has 0 spiro atoms. The second-order valence-corrected chi connectivity index (χ2v) is 15.9. The van der Waals surface area contributed by atoms with E-state index in [1.807, 2.05) is 52.0 Å². The van der Waals surface area contributed by atoms with Crippen LogP contribution in [0.3, 0.4) is 0 Å². The van der Waals surface area contributed by atoms with Crippen molar-refractivity contribution in [3.05, 3.63) is 92.4 Å². The van der Waals surface area contributed by atoms with Crippen LogP contribution in [0.5, 0.6) is 5.75 Å². The van der Waals surface area contributed by atoms with Gasteiger partial charge >= 0.3 is 5.37 Å². The lowest BCUT2D eigenvalue weighted by atomic mass is 9.71. The van der Waals surface area contributed by atoms with E-state index >= 15 is 0 Å². The Balaban J connectivity index is 1.60. The molecule has 2 bridgehead atoms. The highest BCUT2D eigenvalue weighted by Gasteiger charge is 2.59. The van der Waals surface area contributed by atoms with Gasteiger partial charge < -0.3 is 9.47 Å². The van der Waals surface area contributed by atoms with Gasteiger partial charge in [0.1, 0.15) is 27.6 Å². The fraction of sp³-hybridized carbons (Fsp3) is 0.394. The van der Waals surface area contributed by atoms with Crippen molar-refractivity contribution in [1.82, 2.24) is 9.21 Å². The predicted molar refractivity (Wildman–Crippen MR) is 181 cm³/mol. The Labute approximate surface area is 289 Å². The highest BCUT2D eigenvalue weighted by molar-refractivity contribution is 7.89. The number of rotatable bonds is 7. The molecule has 0 saturated carbocycles. The van der Waals surface area contributed by atoms with E-state index in [2.05, 4.69) is 0 Å². The summed E-state index contributed by atoms with van der Waals surface area (Å²) in [6.07, 6.45) is 0.942. The van der Waals surface area contributed by atoms with E-state index < -0.39 is 26.5 Å². The van der Waals surface area contributed by atoms with Crippen molar-refractivity contribution in [2.75, 3.05) is 13.1 Å². The summed E-state index contributed by atoms with van der Waals surface area (Å²) in [5, 5.41) is 0.208. The van der Waals surface area contributed by atoms with Gasteiger partial charge in [-0.3, -0.25) is 14.7 Å². The molecule has 3 aromatic rings. The number of benzene rings is 3. The molecule has 4 atom stereocenters. The topological polar surface area (TPSA) is 88.5 Å². The van der Waals surface area contributed by atoms with Crippen LogP contribution in [0.2, 0.25) is 15.1 Å². The number of fused-ring (bicyclic) bond motifs is 2. The van der Waals surface area contributed by atoms with Crippen molar-refractivity contribution in [3.63, 3.8) is 0 Å². The number of hydrogen-bond donors (Lipinski definition) is 0. The zero-order valence-electron chi connectivity index (χ0n) is 25.6. The summed E-state index contributed by atoms with van der Waals surface area (Å²) in [4.78, 5) is 20.1. The number of carbonyl (C=O) groups excluding carboxylic acids is 1. The number of amides is 1. The minimum absolute atomic E-state index is 0.0125. The first-order valence-corrected chi connectivity index (χ1v) is 17.9. The predicted octanol–water partition coefficient (Wildman–Crippen LogP) is 8.24. The number of amidine groups is 1. The molecule has 0 aromatic heterocycles. The number of sulfonamides is 1. The Bertz CT molecular complexity index is 1810. The van der Waals surface area contributed by atoms with Crippen LogP contribution in [0, 0.1) is 0 Å². The lowest BCUT2D eigenvalue weighted by Crippen LogP contribution is -2.53. The molecule has 1 amide bonds. The lowest BCUT2D eigenvalue weighted by molar-refractivity contribution is -0.0114. The summed E-state index contributed by atoms with van der Waals surface area (Å²) in [6, 6.07) is 17.2. The number of nitrogens with zero attached hydrogens (tertiary/aromatic N) is 3. The molecular weight excluding hydrogens is 692 g/mol. The third-order valence-corrected chi connectivity index (χ3v) is 12.2. The van der Waals surface area contributed by atoms with Gasteiger partial charge in [-0.15, -0.1) is 0 Å². The van der Waals surface area contributed by atoms with E-state index in [0.717, 1.165) is 18.4 Å². The van der Waals surface area contributed by atoms with Crippen LogP contribution in [0.4, 0.5) is 4.79 Å². The summed E-state index contributed by atoms with van der Waals surface area (Å²) in [7, 11) is -4.08. The van der Waals surface area contributed by atoms with Gasteiger partial charge in [0.15, 0.2) is 0 Å². The molecule has 3 aromatic carbocycles. The van der Waals surface area contributed by atoms with Crippen molar-refractivity contribution in [2.24, 2.45) is 4.99 Å². The summed E-state index contributed by atoms with van der Waals surface area (Å²) < 4.78 is 41.9. The van der Waals surface area contributed by atoms with Gasteiger partial charge in [-0.25, -0.2) is 8.42 Å². The van der Waals surface area contributed by atoms with Gasteiger partial charge in [0.2, 0.25) is 10.0 Å². The number of ether oxygens (including phenoxy) is 2. The van der Waals surface area contributed by atoms with Crippen molar-refractivity contribution in [1.29, 1.82) is 0 Å². The summed E-state index contributed by atoms with van der Waals surface area (Å²) in [5.74, 6) is 0.377. The van der Waals surface area contributed by atoms with E-state index in [-0.39, 0.29) is 58.5 Å². The normalized spacial score (nSPS) is 26.5. The second kappa shape index (κ2) is 12.3. The largest absolute Gasteiger partial charge is 0.490 e. The fourth-order valence-corrected chi connectivity index (χ4v) is 9.24. The first-order chi connectivity index (χ1) is 21.6. The average Bonchev–Trinajstić information content (AvgIpc) is 3.45. The highest BCUT2D eigenvalue weighted by atomic mass is 35.5. The Hall–Kier alpha value is -2.37. The fourth-order valence-electron chi connectivity index (χ4n) is 6.72. The number of carbonyl (C=O) groups is 1. The molecule has 2 fully saturated rings. The van der Waals surface area contributed by atoms with Crippen LogP contribution >= 0.6 is 46.4 Å². The van der Waals surface area contributed by atoms with E-state index in [1.54, 1.807) is 24.3 Å². The Morgan fingerprint density at radius 3 is 2.00 bits per heavy atom. The summed E-state index contributed by atoms with van der Waals surface area (Å²) in [5.41, 5.74) is -0.692. The van der Waals surface area contributed by atoms with Crippen molar-refractivity contribution >= 4 is 67.6 Å². The standard InChI is InChI=1S/C33H33Cl4N3O5S/c1-19(2)44-28-16-27(36)29(46(42,43)39-17-24-13-14-25(18-39)45-24)15-26(28)30-38-32(3,20-5-9-22(34)10-6-20)33(4,40(30)31(37)41)21-7-11-23(35)12-8-21/h5-12,15-16,19,24-25H,13-14,17-18H2,1-4H3/t24-,25+,32-,33+/m0/s1. The van der Waals surface area contributed by atoms with Crippen molar-refractivity contribution in [2.45, 2.75) is 74.8 Å². The maximum Gasteiger partial charge on any atom is 0.322 e. The maximum atomic E-state index is 14.2. The third kappa shape index (κ3) is 5.62. The van der Waals surface area contributed by atoms with Crippen LogP contribution < -0.4 is 4.74 Å². The smallest absolute Gasteiger partial charge is 0.322 e. The first kappa shape index (κ1) is 33.5. The van der Waals surface area contributed by atoms with Crippen LogP contribution in [-0.2, 0) is 25.8 Å². The Morgan fingerprint density at radius 2 is 1.48 bits per heavy atom. The second-order valence-electron chi connectivity index (χ2n) is 12.4. The van der Waals surface area contributed by atoms with Crippen LogP contribution in [0.1, 0.15) is 57.2 Å². The molecule has 0 unspecified atom stereocenters. The third-order valence-electron chi connectivity index (χ3n) is 9.19. The van der Waals surface area contributed by atoms with Crippen molar-refractivity contribution < 1.29 is 22.7 Å². The molecule has 46 heavy (non-hydrogen) atoms. The molecule has 244 valence electrons. The summed E-state index contributed by atoms with van der Waals surface area (Å²) in [6.45, 7) is 7.88. The molecule has 0 aliphatic carbocycles. The number of morpholine rings is 1. The van der Waals surface area contributed by atoms with Gasteiger partial charge in [-0.2, -0.15) is 4.31 Å². The molecule has 2 saturated heterocycles. The SMILES string of the molecule is CC(C)Oc1cc(Cl)c(S(=O)(=O)N2C[C@H]3CC[C@@H](C2)O3)cc1C1=N[C@@](C)(c2ccc(Cl)cc2)[C@@](C)(c2ccc(Cl)cc2)N1C(=O)Cl. The Kier molecular flexibility index (Phi) is 8.94. The molecule has 0 N–H and O–H groups in total. The Morgan fingerprint density at radius 1 is 0.935 bits per heavy atom. The molecular formula is C33H33Cl4N3O5S. The number of hydrogen-bond acceptors (Lipinski definition) is 6. The molecule has 3 aliphatic rings. The number of aliphatic imine (C=N–C) groups is 1. The average molecular weight is 726 g/mol. The van der Waals surface area contributed by atoms with Gasteiger partial charge in [-0.05, 0) is 93.6 Å². The minimum atomic E-state index is -4.08. The van der Waals surface area contributed by atoms with Crippen LogP contribution in [-0.4, -0.2) is 60.2 Å². The zero-order valence-corrected chi connectivity index (χ0v) is 29.5. The number of halogens is 4. The van der Waals surface area contributed by atoms with Crippen LogP contribution in [0.15, 0.2) is 70.6 Å². The molecule has 13 heteroatoms.